The maximum Gasteiger partial charge on any atom is 0.276 e. The van der Waals surface area contributed by atoms with Crippen molar-refractivity contribution in [2.24, 2.45) is 0 Å². The van der Waals surface area contributed by atoms with Crippen molar-refractivity contribution in [3.05, 3.63) is 34.3 Å². The molecule has 0 radical (unpaired) electrons. The standard InChI is InChI=1S/C16H22N6OS.ClH/c23-16(15-12-22(19-18-15)11-14-2-1-9-24-14)21-6-3-13(10-21)20-7-4-17-5-8-20;/h1-2,9,12-13,17H,3-8,10-11H2;1H. The summed E-state index contributed by atoms with van der Waals surface area (Å²) in [6.45, 7) is 6.51. The van der Waals surface area contributed by atoms with E-state index in [2.05, 4.69) is 26.6 Å². The average molecular weight is 383 g/mol. The molecule has 25 heavy (non-hydrogen) atoms. The highest BCUT2D eigenvalue weighted by atomic mass is 35.5. The number of piperazine rings is 1. The Hall–Kier alpha value is -1.48. The van der Waals surface area contributed by atoms with Crippen LogP contribution in [0.3, 0.4) is 0 Å². The highest BCUT2D eigenvalue weighted by Crippen LogP contribution is 2.18. The smallest absolute Gasteiger partial charge is 0.276 e. The normalized spacial score (nSPS) is 21.3. The van der Waals surface area contributed by atoms with Gasteiger partial charge in [0.2, 0.25) is 0 Å². The Bertz CT molecular complexity index is 685. The molecule has 0 saturated carbocycles. The number of thiophene rings is 1. The van der Waals surface area contributed by atoms with Crippen LogP contribution >= 0.6 is 23.7 Å². The number of carbonyl (C=O) groups is 1. The maximum atomic E-state index is 12.7. The Kier molecular flexibility index (Phi) is 6.06. The Morgan fingerprint density at radius 3 is 2.92 bits per heavy atom. The van der Waals surface area contributed by atoms with E-state index in [9.17, 15) is 4.79 Å². The Morgan fingerprint density at radius 2 is 2.16 bits per heavy atom. The highest BCUT2D eigenvalue weighted by molar-refractivity contribution is 7.09. The van der Waals surface area contributed by atoms with Crippen molar-refractivity contribution in [3.63, 3.8) is 0 Å². The molecule has 1 unspecified atom stereocenters. The number of nitrogens with zero attached hydrogens (tertiary/aromatic N) is 5. The highest BCUT2D eigenvalue weighted by Gasteiger charge is 2.32. The van der Waals surface area contributed by atoms with E-state index in [1.54, 1.807) is 22.2 Å². The second-order valence-corrected chi connectivity index (χ2v) is 7.39. The zero-order valence-corrected chi connectivity index (χ0v) is 15.6. The van der Waals surface area contributed by atoms with E-state index in [-0.39, 0.29) is 18.3 Å². The number of halogens is 1. The van der Waals surface area contributed by atoms with Gasteiger partial charge in [0.05, 0.1) is 12.7 Å². The molecule has 0 bridgehead atoms. The summed E-state index contributed by atoms with van der Waals surface area (Å²) in [5, 5.41) is 13.6. The average Bonchev–Trinajstić information content (AvgIpc) is 3.37. The quantitative estimate of drug-likeness (QED) is 0.852. The van der Waals surface area contributed by atoms with Gasteiger partial charge in [-0.3, -0.25) is 9.69 Å². The lowest BCUT2D eigenvalue weighted by Crippen LogP contribution is -2.49. The maximum absolute atomic E-state index is 12.7. The molecule has 2 aromatic heterocycles. The van der Waals surface area contributed by atoms with Gasteiger partial charge in [0.15, 0.2) is 5.69 Å². The molecule has 136 valence electrons. The number of amides is 1. The third-order valence-corrected chi connectivity index (χ3v) is 5.64. The molecule has 0 aliphatic carbocycles. The minimum atomic E-state index is 0. The summed E-state index contributed by atoms with van der Waals surface area (Å²) in [5.74, 6) is 0.00469. The number of aromatic nitrogens is 3. The lowest BCUT2D eigenvalue weighted by atomic mass is 10.2. The van der Waals surface area contributed by atoms with Crippen LogP contribution in [-0.4, -0.2) is 76.0 Å². The van der Waals surface area contributed by atoms with Gasteiger partial charge in [-0.05, 0) is 17.9 Å². The first-order chi connectivity index (χ1) is 11.8. The van der Waals surface area contributed by atoms with Crippen LogP contribution in [0.25, 0.3) is 0 Å². The van der Waals surface area contributed by atoms with E-state index >= 15 is 0 Å². The van der Waals surface area contributed by atoms with Gasteiger partial charge < -0.3 is 10.2 Å². The fourth-order valence-corrected chi connectivity index (χ4v) is 4.17. The predicted octanol–water partition coefficient (Wildman–Crippen LogP) is 0.929. The zero-order chi connectivity index (χ0) is 16.4. The van der Waals surface area contributed by atoms with Crippen molar-refractivity contribution in [1.82, 2.24) is 30.1 Å². The van der Waals surface area contributed by atoms with Crippen LogP contribution in [0.15, 0.2) is 23.7 Å². The van der Waals surface area contributed by atoms with E-state index in [1.165, 1.54) is 4.88 Å². The van der Waals surface area contributed by atoms with Gasteiger partial charge in [0.1, 0.15) is 0 Å². The number of nitrogens with one attached hydrogen (secondary N) is 1. The van der Waals surface area contributed by atoms with Crippen LogP contribution in [0.5, 0.6) is 0 Å². The molecule has 1 N–H and O–H groups in total. The van der Waals surface area contributed by atoms with Crippen molar-refractivity contribution < 1.29 is 4.79 Å². The largest absolute Gasteiger partial charge is 0.336 e. The second-order valence-electron chi connectivity index (χ2n) is 6.36. The number of likely N-dealkylation sites (tertiary alicyclic amines) is 1. The molecule has 2 fully saturated rings. The fraction of sp³-hybridized carbons (Fsp3) is 0.562. The minimum absolute atomic E-state index is 0. The number of hydrogen-bond donors (Lipinski definition) is 1. The minimum Gasteiger partial charge on any atom is -0.336 e. The summed E-state index contributed by atoms with van der Waals surface area (Å²) in [7, 11) is 0. The molecular weight excluding hydrogens is 360 g/mol. The van der Waals surface area contributed by atoms with Crippen LogP contribution in [0.4, 0.5) is 0 Å². The van der Waals surface area contributed by atoms with Crippen molar-refractivity contribution in [2.75, 3.05) is 39.3 Å². The predicted molar refractivity (Wildman–Crippen MR) is 99.4 cm³/mol. The van der Waals surface area contributed by atoms with Gasteiger partial charge in [-0.1, -0.05) is 11.3 Å². The Morgan fingerprint density at radius 1 is 1.32 bits per heavy atom. The summed E-state index contributed by atoms with van der Waals surface area (Å²) in [6.07, 6.45) is 2.81. The lowest BCUT2D eigenvalue weighted by molar-refractivity contribution is 0.0767. The molecule has 1 atom stereocenters. The van der Waals surface area contributed by atoms with Gasteiger partial charge in [-0.2, -0.15) is 0 Å². The summed E-state index contributed by atoms with van der Waals surface area (Å²) < 4.78 is 1.74. The van der Waals surface area contributed by atoms with E-state index in [0.717, 1.165) is 45.7 Å². The summed E-state index contributed by atoms with van der Waals surface area (Å²) >= 11 is 1.68. The Labute approximate surface area is 157 Å². The van der Waals surface area contributed by atoms with E-state index in [0.29, 0.717) is 18.3 Å². The molecule has 4 heterocycles. The van der Waals surface area contributed by atoms with E-state index in [4.69, 9.17) is 0 Å². The molecule has 2 aromatic rings. The van der Waals surface area contributed by atoms with Crippen LogP contribution in [0.2, 0.25) is 0 Å². The van der Waals surface area contributed by atoms with Gasteiger partial charge in [-0.25, -0.2) is 4.68 Å². The van der Waals surface area contributed by atoms with E-state index in [1.807, 2.05) is 16.3 Å². The molecule has 0 spiro atoms. The van der Waals surface area contributed by atoms with Crippen LogP contribution in [-0.2, 0) is 6.54 Å². The van der Waals surface area contributed by atoms with Crippen molar-refractivity contribution in [2.45, 2.75) is 19.0 Å². The summed E-state index contributed by atoms with van der Waals surface area (Å²) in [4.78, 5) is 18.3. The topological polar surface area (TPSA) is 66.3 Å². The number of rotatable bonds is 4. The summed E-state index contributed by atoms with van der Waals surface area (Å²) in [6, 6.07) is 4.56. The first-order valence-corrected chi connectivity index (χ1v) is 9.34. The van der Waals surface area contributed by atoms with Gasteiger partial charge in [0.25, 0.3) is 5.91 Å². The zero-order valence-electron chi connectivity index (χ0n) is 14.0. The molecule has 9 heteroatoms. The van der Waals surface area contributed by atoms with Gasteiger partial charge in [-0.15, -0.1) is 28.8 Å². The lowest BCUT2D eigenvalue weighted by Gasteiger charge is -2.32. The SMILES string of the molecule is Cl.O=C(c1cn(Cc2cccs2)nn1)N1CCC(N2CCNCC2)C1. The number of hydrogen-bond acceptors (Lipinski definition) is 6. The second kappa shape index (κ2) is 8.27. The molecule has 2 aliphatic heterocycles. The third kappa shape index (κ3) is 4.20. The van der Waals surface area contributed by atoms with Crippen LogP contribution < -0.4 is 5.32 Å². The fourth-order valence-electron chi connectivity index (χ4n) is 3.47. The van der Waals surface area contributed by atoms with Gasteiger partial charge >= 0.3 is 0 Å². The van der Waals surface area contributed by atoms with Crippen molar-refractivity contribution in [3.8, 4) is 0 Å². The Balaban J connectivity index is 0.00000182. The molecule has 7 nitrogen and oxygen atoms in total. The molecule has 2 saturated heterocycles. The van der Waals surface area contributed by atoms with Crippen molar-refractivity contribution >= 4 is 29.7 Å². The third-order valence-electron chi connectivity index (χ3n) is 4.77. The summed E-state index contributed by atoms with van der Waals surface area (Å²) in [5.41, 5.74) is 0.451. The van der Waals surface area contributed by atoms with Crippen LogP contribution in [0.1, 0.15) is 21.8 Å². The van der Waals surface area contributed by atoms with Crippen LogP contribution in [0, 0.1) is 0 Å². The molecule has 0 aromatic carbocycles. The van der Waals surface area contributed by atoms with Crippen molar-refractivity contribution in [1.29, 1.82) is 0 Å². The van der Waals surface area contributed by atoms with E-state index < -0.39 is 0 Å². The first-order valence-electron chi connectivity index (χ1n) is 8.46. The monoisotopic (exact) mass is 382 g/mol. The molecule has 4 rings (SSSR count). The first kappa shape index (κ1) is 18.3. The number of carbonyl (C=O) groups excluding carboxylic acids is 1. The van der Waals surface area contributed by atoms with Gasteiger partial charge in [0, 0.05) is 50.2 Å². The molecule has 2 aliphatic rings. The molecular formula is C16H23ClN6OS. The molecule has 1 amide bonds.